The lowest BCUT2D eigenvalue weighted by Crippen LogP contribution is -2.46. The van der Waals surface area contributed by atoms with Crippen molar-refractivity contribution in [3.63, 3.8) is 0 Å². The number of hydrogen-bond donors (Lipinski definition) is 1. The fourth-order valence-electron chi connectivity index (χ4n) is 4.07. The Hall–Kier alpha value is -2.56. The van der Waals surface area contributed by atoms with Crippen molar-refractivity contribution in [2.24, 2.45) is 0 Å². The van der Waals surface area contributed by atoms with E-state index in [4.69, 9.17) is 0 Å². The highest BCUT2D eigenvalue weighted by atomic mass is 32.2. The maximum Gasteiger partial charge on any atom is 0.262 e. The van der Waals surface area contributed by atoms with Crippen LogP contribution in [0.25, 0.3) is 0 Å². The zero-order valence-electron chi connectivity index (χ0n) is 16.8. The third kappa shape index (κ3) is 4.28. The van der Waals surface area contributed by atoms with Crippen molar-refractivity contribution in [3.8, 4) is 0 Å². The zero-order chi connectivity index (χ0) is 22.0. The summed E-state index contributed by atoms with van der Waals surface area (Å²) in [4.78, 5) is 38.1. The van der Waals surface area contributed by atoms with Crippen LogP contribution in [0.3, 0.4) is 0 Å². The molecule has 0 saturated carbocycles. The van der Waals surface area contributed by atoms with Crippen molar-refractivity contribution in [3.05, 3.63) is 52.9 Å². The Balaban J connectivity index is 1.33. The van der Waals surface area contributed by atoms with Crippen LogP contribution in [0.2, 0.25) is 0 Å². The fraction of sp³-hybridized carbons (Fsp3) is 0.381. The second-order valence-electron chi connectivity index (χ2n) is 7.58. The molecular formula is C21H23N3O5S2. The van der Waals surface area contributed by atoms with Gasteiger partial charge in [-0.05, 0) is 42.8 Å². The predicted octanol–water partition coefficient (Wildman–Crippen LogP) is 2.09. The number of thiophene rings is 1. The van der Waals surface area contributed by atoms with E-state index in [2.05, 4.69) is 5.32 Å². The molecule has 0 aliphatic carbocycles. The quantitative estimate of drug-likeness (QED) is 0.636. The van der Waals surface area contributed by atoms with Crippen LogP contribution in [0.4, 0.5) is 0 Å². The summed E-state index contributed by atoms with van der Waals surface area (Å²) >= 11 is 1.20. The van der Waals surface area contributed by atoms with E-state index in [1.807, 2.05) is 0 Å². The molecule has 164 valence electrons. The molecule has 1 atom stereocenters. The van der Waals surface area contributed by atoms with Gasteiger partial charge < -0.3 is 5.32 Å². The first-order valence-corrected chi connectivity index (χ1v) is 12.5. The summed E-state index contributed by atoms with van der Waals surface area (Å²) in [6.07, 6.45) is 2.95. The molecule has 2 aliphatic rings. The van der Waals surface area contributed by atoms with Gasteiger partial charge in [0.05, 0.1) is 11.1 Å². The summed E-state index contributed by atoms with van der Waals surface area (Å²) in [6, 6.07) is 9.62. The highest BCUT2D eigenvalue weighted by Crippen LogP contribution is 2.29. The molecule has 2 aliphatic heterocycles. The fourth-order valence-corrected chi connectivity index (χ4v) is 6.91. The van der Waals surface area contributed by atoms with Crippen LogP contribution in [-0.2, 0) is 14.8 Å². The van der Waals surface area contributed by atoms with E-state index in [1.165, 1.54) is 11.3 Å². The van der Waals surface area contributed by atoms with Gasteiger partial charge in [0.2, 0.25) is 5.91 Å². The van der Waals surface area contributed by atoms with E-state index < -0.39 is 27.7 Å². The Kier molecular flexibility index (Phi) is 6.22. The first-order valence-electron chi connectivity index (χ1n) is 10.2. The Morgan fingerprint density at radius 3 is 2.42 bits per heavy atom. The number of amides is 3. The van der Waals surface area contributed by atoms with Crippen LogP contribution >= 0.6 is 11.3 Å². The van der Waals surface area contributed by atoms with Gasteiger partial charge in [-0.1, -0.05) is 24.6 Å². The number of imide groups is 1. The summed E-state index contributed by atoms with van der Waals surface area (Å²) in [6.45, 7) is 0.380. The van der Waals surface area contributed by atoms with E-state index in [0.717, 1.165) is 24.2 Å². The standard InChI is InChI=1S/C21H23N3O5S2/c25-18(14-23-20(26)16-7-1-2-8-17(16)21(23)27)22-11-10-15-6-3-4-12-24(15)31(28,29)19-9-5-13-30-19/h1-2,5,7-9,13,15H,3-4,6,10-12,14H2,(H,22,25). The van der Waals surface area contributed by atoms with Crippen LogP contribution < -0.4 is 5.32 Å². The molecule has 4 rings (SSSR count). The second-order valence-corrected chi connectivity index (χ2v) is 10.6. The van der Waals surface area contributed by atoms with Gasteiger partial charge in [0, 0.05) is 19.1 Å². The van der Waals surface area contributed by atoms with Crippen molar-refractivity contribution in [1.82, 2.24) is 14.5 Å². The molecular weight excluding hydrogens is 438 g/mol. The summed E-state index contributed by atoms with van der Waals surface area (Å²) in [5.41, 5.74) is 0.605. The highest BCUT2D eigenvalue weighted by Gasteiger charge is 2.37. The molecule has 31 heavy (non-hydrogen) atoms. The molecule has 10 heteroatoms. The molecule has 2 aromatic rings. The van der Waals surface area contributed by atoms with Crippen LogP contribution in [0.15, 0.2) is 46.0 Å². The Morgan fingerprint density at radius 2 is 1.77 bits per heavy atom. The van der Waals surface area contributed by atoms with Crippen molar-refractivity contribution in [2.75, 3.05) is 19.6 Å². The lowest BCUT2D eigenvalue weighted by Gasteiger charge is -2.34. The first kappa shape index (κ1) is 21.7. The maximum absolute atomic E-state index is 12.9. The Bertz CT molecular complexity index is 1060. The number of nitrogens with zero attached hydrogens (tertiary/aromatic N) is 2. The minimum Gasteiger partial charge on any atom is -0.354 e. The summed E-state index contributed by atoms with van der Waals surface area (Å²) in [5, 5.41) is 4.47. The van der Waals surface area contributed by atoms with Crippen molar-refractivity contribution < 1.29 is 22.8 Å². The molecule has 3 heterocycles. The minimum absolute atomic E-state index is 0.194. The maximum atomic E-state index is 12.9. The number of hydrogen-bond acceptors (Lipinski definition) is 6. The van der Waals surface area contributed by atoms with Crippen molar-refractivity contribution in [1.29, 1.82) is 0 Å². The van der Waals surface area contributed by atoms with Crippen LogP contribution in [-0.4, -0.2) is 61.0 Å². The molecule has 3 amide bonds. The van der Waals surface area contributed by atoms with Gasteiger partial charge in [-0.25, -0.2) is 8.42 Å². The molecule has 1 aromatic carbocycles. The molecule has 0 spiro atoms. The highest BCUT2D eigenvalue weighted by molar-refractivity contribution is 7.91. The summed E-state index contributed by atoms with van der Waals surface area (Å²) in [5.74, 6) is -1.40. The average Bonchev–Trinajstić information content (AvgIpc) is 3.39. The molecule has 1 N–H and O–H groups in total. The van der Waals surface area contributed by atoms with Gasteiger partial charge >= 0.3 is 0 Å². The predicted molar refractivity (Wildman–Crippen MR) is 115 cm³/mol. The third-order valence-electron chi connectivity index (χ3n) is 5.61. The van der Waals surface area contributed by atoms with Crippen LogP contribution in [0.1, 0.15) is 46.4 Å². The van der Waals surface area contributed by atoms with Crippen molar-refractivity contribution in [2.45, 2.75) is 35.9 Å². The number of nitrogens with one attached hydrogen (secondary N) is 1. The molecule has 1 unspecified atom stereocenters. The number of fused-ring (bicyclic) bond motifs is 1. The van der Waals surface area contributed by atoms with Crippen LogP contribution in [0.5, 0.6) is 0 Å². The number of carbonyl (C=O) groups excluding carboxylic acids is 3. The number of benzene rings is 1. The smallest absolute Gasteiger partial charge is 0.262 e. The van der Waals surface area contributed by atoms with E-state index in [9.17, 15) is 22.8 Å². The Morgan fingerprint density at radius 1 is 1.06 bits per heavy atom. The SMILES string of the molecule is O=C(CN1C(=O)c2ccccc2C1=O)NCCC1CCCCN1S(=O)(=O)c1cccs1. The van der Waals surface area contributed by atoms with Gasteiger partial charge in [0.25, 0.3) is 21.8 Å². The normalized spacial score (nSPS) is 19.5. The minimum atomic E-state index is -3.54. The lowest BCUT2D eigenvalue weighted by atomic mass is 10.0. The molecule has 0 bridgehead atoms. The summed E-state index contributed by atoms with van der Waals surface area (Å²) < 4.78 is 27.7. The molecule has 0 radical (unpaired) electrons. The average molecular weight is 462 g/mol. The molecule has 8 nitrogen and oxygen atoms in total. The van der Waals surface area contributed by atoms with Gasteiger partial charge in [0.15, 0.2) is 0 Å². The topological polar surface area (TPSA) is 104 Å². The number of sulfonamides is 1. The number of carbonyl (C=O) groups is 3. The van der Waals surface area contributed by atoms with Crippen LogP contribution in [0, 0.1) is 0 Å². The molecule has 1 saturated heterocycles. The van der Waals surface area contributed by atoms with Crippen molar-refractivity contribution >= 4 is 39.1 Å². The molecule has 1 fully saturated rings. The largest absolute Gasteiger partial charge is 0.354 e. The van der Waals surface area contributed by atoms with E-state index in [0.29, 0.717) is 28.3 Å². The third-order valence-corrected chi connectivity index (χ3v) is 8.94. The summed E-state index contributed by atoms with van der Waals surface area (Å²) in [7, 11) is -3.54. The van der Waals surface area contributed by atoms with Gasteiger partial charge in [0.1, 0.15) is 10.8 Å². The zero-order valence-corrected chi connectivity index (χ0v) is 18.5. The molecule has 1 aromatic heterocycles. The first-order chi connectivity index (χ1) is 14.9. The monoisotopic (exact) mass is 461 g/mol. The van der Waals surface area contributed by atoms with E-state index in [-0.39, 0.29) is 19.1 Å². The van der Waals surface area contributed by atoms with Gasteiger partial charge in [-0.3, -0.25) is 19.3 Å². The van der Waals surface area contributed by atoms with E-state index in [1.54, 1.807) is 46.1 Å². The number of rotatable bonds is 7. The van der Waals surface area contributed by atoms with Gasteiger partial charge in [-0.2, -0.15) is 4.31 Å². The second kappa shape index (κ2) is 8.89. The Labute approximate surface area is 184 Å². The lowest BCUT2D eigenvalue weighted by molar-refractivity contribution is -0.121. The van der Waals surface area contributed by atoms with E-state index >= 15 is 0 Å². The van der Waals surface area contributed by atoms with Gasteiger partial charge in [-0.15, -0.1) is 11.3 Å². The number of piperidine rings is 1.